The molecule has 0 N–H and O–H groups in total. The minimum absolute atomic E-state index is 0.0104. The molecule has 0 aromatic rings. The highest BCUT2D eigenvalue weighted by Gasteiger charge is 2.45. The second-order valence-corrected chi connectivity index (χ2v) is 8.47. The summed E-state index contributed by atoms with van der Waals surface area (Å²) in [6.45, 7) is 9.91. The highest BCUT2D eigenvalue weighted by molar-refractivity contribution is 7.87. The summed E-state index contributed by atoms with van der Waals surface area (Å²) in [6, 6.07) is 0. The maximum atomic E-state index is 13.0. The first-order chi connectivity index (χ1) is 7.83. The Bertz CT molecular complexity index is 437. The number of amides is 1. The van der Waals surface area contributed by atoms with Crippen LogP contribution in [-0.2, 0) is 15.0 Å². The van der Waals surface area contributed by atoms with E-state index < -0.39 is 21.0 Å². The Hall–Kier alpha value is -0.650. The van der Waals surface area contributed by atoms with Crippen molar-refractivity contribution in [3.8, 4) is 0 Å². The standard InChI is InChI=1S/C12H22FNO3S/c1-11(2,3)8-12(4,5)14-7-9(6-10(14)15)18(13,16)17/h9H,6-8H2,1-5H3. The lowest BCUT2D eigenvalue weighted by molar-refractivity contribution is -0.133. The van der Waals surface area contributed by atoms with Crippen molar-refractivity contribution in [2.24, 2.45) is 5.41 Å². The molecule has 1 heterocycles. The smallest absolute Gasteiger partial charge is 0.307 e. The van der Waals surface area contributed by atoms with Crippen LogP contribution in [0.1, 0.15) is 47.5 Å². The van der Waals surface area contributed by atoms with Crippen LogP contribution in [0.15, 0.2) is 0 Å². The summed E-state index contributed by atoms with van der Waals surface area (Å²) in [5.74, 6) is -0.282. The van der Waals surface area contributed by atoms with Gasteiger partial charge in [-0.15, -0.1) is 3.89 Å². The molecule has 0 spiro atoms. The van der Waals surface area contributed by atoms with Crippen LogP contribution < -0.4 is 0 Å². The number of hydrogen-bond acceptors (Lipinski definition) is 3. The van der Waals surface area contributed by atoms with Crippen molar-refractivity contribution in [3.05, 3.63) is 0 Å². The molecule has 18 heavy (non-hydrogen) atoms. The number of halogens is 1. The van der Waals surface area contributed by atoms with Crippen molar-refractivity contribution >= 4 is 16.1 Å². The third-order valence-corrected chi connectivity index (χ3v) is 4.29. The van der Waals surface area contributed by atoms with Gasteiger partial charge >= 0.3 is 10.2 Å². The Balaban J connectivity index is 2.88. The predicted molar refractivity (Wildman–Crippen MR) is 68.3 cm³/mol. The summed E-state index contributed by atoms with van der Waals surface area (Å²) in [6.07, 6.45) is 0.483. The van der Waals surface area contributed by atoms with Crippen molar-refractivity contribution in [1.82, 2.24) is 4.90 Å². The Morgan fingerprint density at radius 3 is 2.11 bits per heavy atom. The molecule has 106 valence electrons. The molecule has 0 bridgehead atoms. The van der Waals surface area contributed by atoms with Crippen LogP contribution in [0.2, 0.25) is 0 Å². The normalized spacial score (nSPS) is 22.7. The maximum Gasteiger partial charge on any atom is 0.307 e. The number of carbonyl (C=O) groups excluding carboxylic acids is 1. The van der Waals surface area contributed by atoms with E-state index in [2.05, 4.69) is 20.8 Å². The Labute approximate surface area is 109 Å². The van der Waals surface area contributed by atoms with Gasteiger partial charge in [0.1, 0.15) is 5.25 Å². The second-order valence-electron chi connectivity index (χ2n) is 6.86. The van der Waals surface area contributed by atoms with Gasteiger partial charge in [0, 0.05) is 18.5 Å². The fourth-order valence-corrected chi connectivity index (χ4v) is 3.51. The largest absolute Gasteiger partial charge is 0.336 e. The molecule has 0 aliphatic carbocycles. The van der Waals surface area contributed by atoms with Crippen LogP contribution in [0.3, 0.4) is 0 Å². The Kier molecular flexibility index (Phi) is 3.83. The van der Waals surface area contributed by atoms with E-state index >= 15 is 0 Å². The average molecular weight is 279 g/mol. The second kappa shape index (κ2) is 4.47. The van der Waals surface area contributed by atoms with Gasteiger partial charge in [0.25, 0.3) is 0 Å². The van der Waals surface area contributed by atoms with Gasteiger partial charge in [0.15, 0.2) is 0 Å². The van der Waals surface area contributed by atoms with Gasteiger partial charge in [-0.3, -0.25) is 4.79 Å². The zero-order valence-electron chi connectivity index (χ0n) is 11.7. The molecule has 0 radical (unpaired) electrons. The van der Waals surface area contributed by atoms with E-state index in [0.717, 1.165) is 6.42 Å². The summed E-state index contributed by atoms with van der Waals surface area (Å²) in [4.78, 5) is 13.4. The molecule has 0 aromatic carbocycles. The van der Waals surface area contributed by atoms with Crippen LogP contribution in [0, 0.1) is 5.41 Å². The molecule has 1 fully saturated rings. The molecule has 1 aliphatic heterocycles. The monoisotopic (exact) mass is 279 g/mol. The minimum atomic E-state index is -4.63. The van der Waals surface area contributed by atoms with Gasteiger partial charge in [-0.05, 0) is 25.7 Å². The zero-order valence-corrected chi connectivity index (χ0v) is 12.5. The SMILES string of the molecule is CC(C)(C)CC(C)(C)N1CC(S(=O)(=O)F)CC1=O. The van der Waals surface area contributed by atoms with E-state index in [-0.39, 0.29) is 24.3 Å². The Morgan fingerprint density at radius 2 is 1.78 bits per heavy atom. The predicted octanol–water partition coefficient (Wildman–Crippen LogP) is 2.10. The molecule has 1 amide bonds. The molecule has 4 nitrogen and oxygen atoms in total. The number of rotatable bonds is 3. The van der Waals surface area contributed by atoms with Gasteiger partial charge < -0.3 is 4.90 Å². The average Bonchev–Trinajstić information content (AvgIpc) is 2.41. The molecule has 6 heteroatoms. The zero-order chi connectivity index (χ0) is 14.4. The van der Waals surface area contributed by atoms with Crippen molar-refractivity contribution < 1.29 is 17.1 Å². The molecule has 1 rings (SSSR count). The third-order valence-electron chi connectivity index (χ3n) is 3.18. The Morgan fingerprint density at radius 1 is 1.28 bits per heavy atom. The minimum Gasteiger partial charge on any atom is -0.336 e. The quantitative estimate of drug-likeness (QED) is 0.743. The van der Waals surface area contributed by atoms with Crippen molar-refractivity contribution in [2.75, 3.05) is 6.54 Å². The van der Waals surface area contributed by atoms with Gasteiger partial charge in [-0.25, -0.2) is 0 Å². The fraction of sp³-hybridized carbons (Fsp3) is 0.917. The summed E-state index contributed by atoms with van der Waals surface area (Å²) in [5, 5.41) is -1.20. The number of likely N-dealkylation sites (tertiary alicyclic amines) is 1. The first-order valence-electron chi connectivity index (χ1n) is 6.07. The molecule has 1 atom stereocenters. The van der Waals surface area contributed by atoms with Crippen LogP contribution >= 0.6 is 0 Å². The molecule has 0 saturated carbocycles. The van der Waals surface area contributed by atoms with E-state index in [0.29, 0.717) is 0 Å². The van der Waals surface area contributed by atoms with Crippen molar-refractivity contribution in [1.29, 1.82) is 0 Å². The molecule has 1 unspecified atom stereocenters. The lowest BCUT2D eigenvalue weighted by atomic mass is 9.81. The molecule has 0 aromatic heterocycles. The van der Waals surface area contributed by atoms with Crippen LogP contribution in [0.5, 0.6) is 0 Å². The molecule has 1 saturated heterocycles. The highest BCUT2D eigenvalue weighted by atomic mass is 32.3. The van der Waals surface area contributed by atoms with Gasteiger partial charge in [-0.2, -0.15) is 8.42 Å². The van der Waals surface area contributed by atoms with E-state index in [1.165, 1.54) is 4.90 Å². The maximum absolute atomic E-state index is 13.0. The number of nitrogens with zero attached hydrogens (tertiary/aromatic N) is 1. The van der Waals surface area contributed by atoms with Gasteiger partial charge in [-0.1, -0.05) is 20.8 Å². The van der Waals surface area contributed by atoms with E-state index in [4.69, 9.17) is 0 Å². The van der Waals surface area contributed by atoms with Crippen molar-refractivity contribution in [3.63, 3.8) is 0 Å². The van der Waals surface area contributed by atoms with Gasteiger partial charge in [0.05, 0.1) is 0 Å². The highest BCUT2D eigenvalue weighted by Crippen LogP contribution is 2.35. The lowest BCUT2D eigenvalue weighted by Gasteiger charge is -2.40. The number of hydrogen-bond donors (Lipinski definition) is 0. The first kappa shape index (κ1) is 15.4. The van der Waals surface area contributed by atoms with Gasteiger partial charge in [0.2, 0.25) is 5.91 Å². The third kappa shape index (κ3) is 3.67. The summed E-state index contributed by atoms with van der Waals surface area (Å²) >= 11 is 0. The first-order valence-corrected chi connectivity index (χ1v) is 7.51. The fourth-order valence-electron chi connectivity index (χ4n) is 2.84. The van der Waals surface area contributed by atoms with Crippen LogP contribution in [0.25, 0.3) is 0 Å². The van der Waals surface area contributed by atoms with Crippen LogP contribution in [-0.4, -0.2) is 36.6 Å². The van der Waals surface area contributed by atoms with Crippen molar-refractivity contribution in [2.45, 2.75) is 58.2 Å². The summed E-state index contributed by atoms with van der Waals surface area (Å²) < 4.78 is 34.7. The topological polar surface area (TPSA) is 54.5 Å². The summed E-state index contributed by atoms with van der Waals surface area (Å²) in [5.41, 5.74) is -0.453. The van der Waals surface area contributed by atoms with E-state index in [9.17, 15) is 17.1 Å². The molecular weight excluding hydrogens is 257 g/mol. The van der Waals surface area contributed by atoms with Crippen LogP contribution in [0.4, 0.5) is 3.89 Å². The number of carbonyl (C=O) groups is 1. The lowest BCUT2D eigenvalue weighted by Crippen LogP contribution is -2.47. The molecular formula is C12H22FNO3S. The molecule has 1 aliphatic rings. The van der Waals surface area contributed by atoms with E-state index in [1.54, 1.807) is 0 Å². The summed E-state index contributed by atoms with van der Waals surface area (Å²) in [7, 11) is -4.63. The van der Waals surface area contributed by atoms with E-state index in [1.807, 2.05) is 13.8 Å².